The minimum absolute atomic E-state index is 0.334. The highest BCUT2D eigenvalue weighted by Gasteiger charge is 2.16. The van der Waals surface area contributed by atoms with E-state index in [-0.39, 0.29) is 11.7 Å². The maximum absolute atomic E-state index is 14.2. The predicted octanol–water partition coefficient (Wildman–Crippen LogP) is 5.58. The maximum Gasteiger partial charge on any atom is 0.256 e. The van der Waals surface area contributed by atoms with Crippen molar-refractivity contribution in [3.05, 3.63) is 101 Å². The van der Waals surface area contributed by atoms with Crippen molar-refractivity contribution >= 4 is 23.3 Å². The molecule has 0 aliphatic heterocycles. The van der Waals surface area contributed by atoms with Gasteiger partial charge in [-0.25, -0.2) is 9.07 Å². The second-order valence-corrected chi connectivity index (χ2v) is 6.54. The molecule has 1 aromatic heterocycles. The fourth-order valence-corrected chi connectivity index (χ4v) is 3.05. The molecule has 1 heterocycles. The first-order valence-corrected chi connectivity index (χ1v) is 8.97. The van der Waals surface area contributed by atoms with Crippen LogP contribution >= 0.6 is 11.6 Å². The predicted molar refractivity (Wildman–Crippen MR) is 108 cm³/mol. The fourth-order valence-electron chi connectivity index (χ4n) is 2.85. The zero-order valence-electron chi connectivity index (χ0n) is 14.6. The van der Waals surface area contributed by atoms with Crippen LogP contribution in [0.25, 0.3) is 16.9 Å². The van der Waals surface area contributed by atoms with Gasteiger partial charge < -0.3 is 5.32 Å². The number of hydrogen-bond acceptors (Lipinski definition) is 2. The highest BCUT2D eigenvalue weighted by Crippen LogP contribution is 2.27. The molecule has 3 aromatic carbocycles. The zero-order valence-corrected chi connectivity index (χ0v) is 15.4. The fraction of sp³-hybridized carbons (Fsp3) is 0. The molecule has 0 fully saturated rings. The van der Waals surface area contributed by atoms with Crippen molar-refractivity contribution in [1.82, 2.24) is 9.78 Å². The molecule has 6 heteroatoms. The van der Waals surface area contributed by atoms with Crippen LogP contribution in [-0.4, -0.2) is 15.7 Å². The maximum atomic E-state index is 14.2. The Labute approximate surface area is 166 Å². The van der Waals surface area contributed by atoms with Gasteiger partial charge in [0.05, 0.1) is 11.4 Å². The molecule has 0 spiro atoms. The van der Waals surface area contributed by atoms with Crippen LogP contribution in [0, 0.1) is 5.82 Å². The SMILES string of the molecule is O=C(Nc1cc(-c2ccccc2F)nn1-c1ccccc1)c1cccc(Cl)c1. The third-order valence-corrected chi connectivity index (χ3v) is 4.42. The van der Waals surface area contributed by atoms with Gasteiger partial charge in [-0.15, -0.1) is 0 Å². The second kappa shape index (κ2) is 7.66. The summed E-state index contributed by atoms with van der Waals surface area (Å²) in [4.78, 5) is 12.7. The highest BCUT2D eigenvalue weighted by molar-refractivity contribution is 6.31. The molecule has 0 aliphatic carbocycles. The monoisotopic (exact) mass is 391 g/mol. The quantitative estimate of drug-likeness (QED) is 0.493. The van der Waals surface area contributed by atoms with E-state index >= 15 is 0 Å². The molecule has 0 unspecified atom stereocenters. The molecule has 0 atom stereocenters. The van der Waals surface area contributed by atoms with Gasteiger partial charge in [-0.05, 0) is 42.5 Å². The van der Waals surface area contributed by atoms with Crippen LogP contribution in [0.3, 0.4) is 0 Å². The van der Waals surface area contributed by atoms with Crippen LogP contribution in [0.15, 0.2) is 84.9 Å². The van der Waals surface area contributed by atoms with E-state index in [4.69, 9.17) is 11.6 Å². The van der Waals surface area contributed by atoms with Gasteiger partial charge in [-0.3, -0.25) is 4.79 Å². The lowest BCUT2D eigenvalue weighted by atomic mass is 10.1. The molecule has 4 aromatic rings. The summed E-state index contributed by atoms with van der Waals surface area (Å²) < 4.78 is 15.8. The van der Waals surface area contributed by atoms with E-state index in [1.165, 1.54) is 6.07 Å². The number of nitrogens with one attached hydrogen (secondary N) is 1. The molecule has 0 saturated carbocycles. The molecule has 0 bridgehead atoms. The molecular weight excluding hydrogens is 377 g/mol. The van der Waals surface area contributed by atoms with Crippen molar-refractivity contribution in [3.63, 3.8) is 0 Å². The summed E-state index contributed by atoms with van der Waals surface area (Å²) in [6.45, 7) is 0. The number of benzene rings is 3. The number of nitrogens with zero attached hydrogens (tertiary/aromatic N) is 2. The zero-order chi connectivity index (χ0) is 19.5. The highest BCUT2D eigenvalue weighted by atomic mass is 35.5. The summed E-state index contributed by atoms with van der Waals surface area (Å²) in [5.74, 6) is -0.290. The van der Waals surface area contributed by atoms with E-state index in [1.807, 2.05) is 30.3 Å². The number of anilines is 1. The summed E-state index contributed by atoms with van der Waals surface area (Å²) in [7, 11) is 0. The Kier molecular flexibility index (Phi) is 4.91. The number of para-hydroxylation sites is 1. The summed E-state index contributed by atoms with van der Waals surface area (Å²) >= 11 is 5.98. The van der Waals surface area contributed by atoms with Crippen molar-refractivity contribution in [2.45, 2.75) is 0 Å². The summed E-state index contributed by atoms with van der Waals surface area (Å²) in [5, 5.41) is 7.82. The Morgan fingerprint density at radius 2 is 1.68 bits per heavy atom. The molecule has 1 N–H and O–H groups in total. The topological polar surface area (TPSA) is 46.9 Å². The average molecular weight is 392 g/mol. The number of rotatable bonds is 4. The second-order valence-electron chi connectivity index (χ2n) is 6.11. The van der Waals surface area contributed by atoms with Gasteiger partial charge >= 0.3 is 0 Å². The Hall–Kier alpha value is -3.44. The first-order valence-electron chi connectivity index (χ1n) is 8.59. The Balaban J connectivity index is 1.77. The molecule has 1 amide bonds. The van der Waals surface area contributed by atoms with Gasteiger partial charge in [0.1, 0.15) is 11.6 Å². The van der Waals surface area contributed by atoms with Crippen molar-refractivity contribution in [2.24, 2.45) is 0 Å². The van der Waals surface area contributed by atoms with Gasteiger partial charge in [0.15, 0.2) is 0 Å². The third-order valence-electron chi connectivity index (χ3n) is 4.19. The van der Waals surface area contributed by atoms with E-state index in [1.54, 1.807) is 53.2 Å². The van der Waals surface area contributed by atoms with Gasteiger partial charge in [-0.1, -0.05) is 48.0 Å². The van der Waals surface area contributed by atoms with E-state index in [2.05, 4.69) is 10.4 Å². The first kappa shape index (κ1) is 17.9. The number of aromatic nitrogens is 2. The van der Waals surface area contributed by atoms with Crippen molar-refractivity contribution in [3.8, 4) is 16.9 Å². The summed E-state index contributed by atoms with van der Waals surface area (Å²) in [6, 6.07) is 24.0. The van der Waals surface area contributed by atoms with E-state index < -0.39 is 0 Å². The number of carbonyl (C=O) groups is 1. The van der Waals surface area contributed by atoms with E-state index in [9.17, 15) is 9.18 Å². The molecule has 4 rings (SSSR count). The summed E-state index contributed by atoms with van der Waals surface area (Å²) in [5.41, 5.74) is 1.94. The van der Waals surface area contributed by atoms with Crippen molar-refractivity contribution in [1.29, 1.82) is 0 Å². The largest absolute Gasteiger partial charge is 0.306 e. The van der Waals surface area contributed by atoms with E-state index in [0.29, 0.717) is 27.7 Å². The first-order chi connectivity index (χ1) is 13.6. The smallest absolute Gasteiger partial charge is 0.256 e. The standard InChI is InChI=1S/C22H15ClFN3O/c23-16-8-6-7-15(13-16)22(28)25-21-14-20(18-11-4-5-12-19(18)24)26-27(21)17-9-2-1-3-10-17/h1-14H,(H,25,28). The minimum Gasteiger partial charge on any atom is -0.306 e. The lowest BCUT2D eigenvalue weighted by molar-refractivity contribution is 0.102. The third kappa shape index (κ3) is 3.66. The van der Waals surface area contributed by atoms with Crippen LogP contribution in [0.1, 0.15) is 10.4 Å². The Morgan fingerprint density at radius 3 is 2.43 bits per heavy atom. The van der Waals surface area contributed by atoms with Gasteiger partial charge in [0.25, 0.3) is 5.91 Å². The van der Waals surface area contributed by atoms with Gasteiger partial charge in [-0.2, -0.15) is 5.10 Å². The van der Waals surface area contributed by atoms with Crippen LogP contribution in [0.5, 0.6) is 0 Å². The molecule has 0 radical (unpaired) electrons. The molecule has 0 aliphatic rings. The molecular formula is C22H15ClFN3O. The Morgan fingerprint density at radius 1 is 0.929 bits per heavy atom. The van der Waals surface area contributed by atoms with E-state index in [0.717, 1.165) is 5.69 Å². The summed E-state index contributed by atoms with van der Waals surface area (Å²) in [6.07, 6.45) is 0. The van der Waals surface area contributed by atoms with Crippen molar-refractivity contribution in [2.75, 3.05) is 5.32 Å². The van der Waals surface area contributed by atoms with Crippen LogP contribution in [0.4, 0.5) is 10.2 Å². The van der Waals surface area contributed by atoms with Crippen LogP contribution in [-0.2, 0) is 0 Å². The van der Waals surface area contributed by atoms with Gasteiger partial charge in [0, 0.05) is 22.2 Å². The number of halogens is 2. The lowest BCUT2D eigenvalue weighted by Crippen LogP contribution is -2.15. The lowest BCUT2D eigenvalue weighted by Gasteiger charge is -2.09. The average Bonchev–Trinajstić information content (AvgIpc) is 3.12. The molecule has 0 saturated heterocycles. The van der Waals surface area contributed by atoms with Crippen molar-refractivity contribution < 1.29 is 9.18 Å². The molecule has 4 nitrogen and oxygen atoms in total. The van der Waals surface area contributed by atoms with Crippen LogP contribution in [0.2, 0.25) is 5.02 Å². The van der Waals surface area contributed by atoms with Crippen LogP contribution < -0.4 is 5.32 Å². The number of amides is 1. The Bertz CT molecular complexity index is 1140. The normalized spacial score (nSPS) is 10.6. The number of hydrogen-bond donors (Lipinski definition) is 1. The minimum atomic E-state index is -0.382. The number of carbonyl (C=O) groups excluding carboxylic acids is 1. The molecule has 28 heavy (non-hydrogen) atoms. The molecule has 138 valence electrons. The van der Waals surface area contributed by atoms with Gasteiger partial charge in [0.2, 0.25) is 0 Å².